The van der Waals surface area contributed by atoms with Crippen LogP contribution in [0.5, 0.6) is 0 Å². The molecule has 5 aliphatic rings. The zero-order chi connectivity index (χ0) is 28.7. The Bertz CT molecular complexity index is 1110. The number of fused-ring (bicyclic) bond motifs is 5. The van der Waals surface area contributed by atoms with Gasteiger partial charge < -0.3 is 20.3 Å². The molecule has 7 atom stereocenters. The summed E-state index contributed by atoms with van der Waals surface area (Å²) in [4.78, 5) is 50.0. The number of carbonyl (C=O) groups is 4. The van der Waals surface area contributed by atoms with E-state index in [4.69, 9.17) is 4.74 Å². The van der Waals surface area contributed by atoms with Crippen LogP contribution in [0.2, 0.25) is 0 Å². The molecule has 0 unspecified atom stereocenters. The predicted octanol–water partition coefficient (Wildman–Crippen LogP) is 3.59. The van der Waals surface area contributed by atoms with E-state index in [9.17, 15) is 29.4 Å². The minimum absolute atomic E-state index is 0.00824. The summed E-state index contributed by atoms with van der Waals surface area (Å²) in [5.41, 5.74) is -1.90. The SMILES string of the molecule is C[C@]12C=CC(=O)C=C1CC[C@@H]1[C@@H]2[C@H](O)C[C@@]2(C)[C@H]1CC[C@]2(O)C(=O)COC(=O)CCC(=O)NCC1CCCCC1. The topological polar surface area (TPSA) is 130 Å². The van der Waals surface area contributed by atoms with Crippen molar-refractivity contribution < 1.29 is 34.1 Å². The van der Waals surface area contributed by atoms with Crippen molar-refractivity contribution in [1.82, 2.24) is 5.32 Å². The Hall–Kier alpha value is -2.32. The molecule has 0 spiro atoms. The average Bonchev–Trinajstić information content (AvgIpc) is 3.20. The molecule has 8 nitrogen and oxygen atoms in total. The fourth-order valence-corrected chi connectivity index (χ4v) is 9.08. The molecule has 40 heavy (non-hydrogen) atoms. The molecule has 0 aromatic rings. The largest absolute Gasteiger partial charge is 0.458 e. The molecule has 0 aromatic heterocycles. The first-order valence-corrected chi connectivity index (χ1v) is 15.3. The Labute approximate surface area is 237 Å². The van der Waals surface area contributed by atoms with Gasteiger partial charge in [-0.1, -0.05) is 44.8 Å². The number of rotatable bonds is 8. The molecule has 5 rings (SSSR count). The van der Waals surface area contributed by atoms with E-state index in [1.54, 1.807) is 12.2 Å². The first kappa shape index (κ1) is 29.2. The normalized spacial score (nSPS) is 39.0. The monoisotopic (exact) mass is 555 g/mol. The number of hydrogen-bond acceptors (Lipinski definition) is 7. The van der Waals surface area contributed by atoms with Gasteiger partial charge in [-0.3, -0.25) is 19.2 Å². The highest BCUT2D eigenvalue weighted by molar-refractivity contribution is 6.01. The quantitative estimate of drug-likeness (QED) is 0.390. The van der Waals surface area contributed by atoms with E-state index in [1.807, 2.05) is 13.0 Å². The highest BCUT2D eigenvalue weighted by Gasteiger charge is 2.68. The highest BCUT2D eigenvalue weighted by Crippen LogP contribution is 2.67. The lowest BCUT2D eigenvalue weighted by atomic mass is 9.46. The van der Waals surface area contributed by atoms with Gasteiger partial charge in [-0.05, 0) is 74.9 Å². The maximum atomic E-state index is 13.4. The summed E-state index contributed by atoms with van der Waals surface area (Å²) in [6, 6.07) is 0. The second-order valence-electron chi connectivity index (χ2n) is 13.5. The molecule has 0 bridgehead atoms. The van der Waals surface area contributed by atoms with E-state index in [0.29, 0.717) is 18.9 Å². The minimum atomic E-state index is -1.70. The Kier molecular flexibility index (Phi) is 8.14. The molecule has 0 saturated heterocycles. The molecule has 0 aromatic carbocycles. The Balaban J connectivity index is 1.16. The first-order chi connectivity index (χ1) is 19.0. The molecular weight excluding hydrogens is 510 g/mol. The highest BCUT2D eigenvalue weighted by atomic mass is 16.5. The number of aliphatic hydroxyl groups is 2. The van der Waals surface area contributed by atoms with Crippen LogP contribution in [0, 0.1) is 34.5 Å². The van der Waals surface area contributed by atoms with Crippen LogP contribution in [-0.2, 0) is 23.9 Å². The molecule has 0 heterocycles. The molecule has 4 fully saturated rings. The number of ketones is 2. The first-order valence-electron chi connectivity index (χ1n) is 15.3. The van der Waals surface area contributed by atoms with Gasteiger partial charge in [0.25, 0.3) is 0 Å². The molecule has 220 valence electrons. The van der Waals surface area contributed by atoms with Crippen LogP contribution in [-0.4, -0.2) is 58.5 Å². The van der Waals surface area contributed by atoms with Crippen LogP contribution in [0.1, 0.15) is 90.9 Å². The van der Waals surface area contributed by atoms with Crippen LogP contribution < -0.4 is 5.32 Å². The van der Waals surface area contributed by atoms with Crippen molar-refractivity contribution in [2.75, 3.05) is 13.2 Å². The van der Waals surface area contributed by atoms with E-state index < -0.39 is 40.9 Å². The smallest absolute Gasteiger partial charge is 0.306 e. The Morgan fingerprint density at radius 3 is 2.58 bits per heavy atom. The van der Waals surface area contributed by atoms with E-state index in [-0.39, 0.29) is 55.1 Å². The fraction of sp³-hybridized carbons (Fsp3) is 0.750. The van der Waals surface area contributed by atoms with Gasteiger partial charge in [-0.2, -0.15) is 0 Å². The third-order valence-corrected chi connectivity index (χ3v) is 11.3. The number of ether oxygens (including phenoxy) is 1. The second kappa shape index (κ2) is 11.2. The zero-order valence-corrected chi connectivity index (χ0v) is 24.0. The molecule has 4 saturated carbocycles. The number of carbonyl (C=O) groups excluding carboxylic acids is 4. The van der Waals surface area contributed by atoms with Gasteiger partial charge in [-0.15, -0.1) is 0 Å². The van der Waals surface area contributed by atoms with Crippen LogP contribution in [0.3, 0.4) is 0 Å². The van der Waals surface area contributed by atoms with Gasteiger partial charge in [0.1, 0.15) is 5.60 Å². The van der Waals surface area contributed by atoms with Crippen molar-refractivity contribution in [1.29, 1.82) is 0 Å². The Morgan fingerprint density at radius 2 is 1.82 bits per heavy atom. The fourth-order valence-electron chi connectivity index (χ4n) is 9.08. The van der Waals surface area contributed by atoms with E-state index >= 15 is 0 Å². The van der Waals surface area contributed by atoms with Crippen molar-refractivity contribution in [3.63, 3.8) is 0 Å². The number of allylic oxidation sites excluding steroid dienone is 4. The standard InChI is InChI=1S/C32H45NO7/c1-30-14-12-22(34)16-21(30)8-9-23-24-13-15-32(39,31(24,2)17-25(35)29(23)30)26(36)19-40-28(38)11-10-27(37)33-18-20-6-4-3-5-7-20/h12,14,16,20,23-25,29,35,39H,3-11,13,15,17-19H2,1-2H3,(H,33,37)/t23-,24-,25+,29+,30-,31-,32-/m0/s1. The second-order valence-corrected chi connectivity index (χ2v) is 13.5. The average molecular weight is 556 g/mol. The molecule has 3 N–H and O–H groups in total. The molecule has 8 heteroatoms. The number of hydrogen-bond donors (Lipinski definition) is 3. The number of amides is 1. The summed E-state index contributed by atoms with van der Waals surface area (Å²) < 4.78 is 5.24. The maximum absolute atomic E-state index is 13.4. The summed E-state index contributed by atoms with van der Waals surface area (Å²) >= 11 is 0. The molecule has 0 radical (unpaired) electrons. The van der Waals surface area contributed by atoms with Gasteiger partial charge in [0, 0.05) is 29.7 Å². The van der Waals surface area contributed by atoms with E-state index in [0.717, 1.165) is 31.3 Å². The molecule has 5 aliphatic carbocycles. The summed E-state index contributed by atoms with van der Waals surface area (Å²) in [7, 11) is 0. The summed E-state index contributed by atoms with van der Waals surface area (Å²) in [5.74, 6) is -0.832. The van der Waals surface area contributed by atoms with Crippen LogP contribution in [0.15, 0.2) is 23.8 Å². The lowest BCUT2D eigenvalue weighted by Gasteiger charge is -2.59. The minimum Gasteiger partial charge on any atom is -0.458 e. The maximum Gasteiger partial charge on any atom is 0.306 e. The van der Waals surface area contributed by atoms with E-state index in [1.165, 1.54) is 19.3 Å². The van der Waals surface area contributed by atoms with Crippen LogP contribution in [0.25, 0.3) is 0 Å². The van der Waals surface area contributed by atoms with Crippen molar-refractivity contribution in [3.05, 3.63) is 23.8 Å². The van der Waals surface area contributed by atoms with Crippen molar-refractivity contribution in [2.24, 2.45) is 34.5 Å². The van der Waals surface area contributed by atoms with Crippen molar-refractivity contribution in [3.8, 4) is 0 Å². The van der Waals surface area contributed by atoms with Crippen LogP contribution >= 0.6 is 0 Å². The number of Topliss-reactive ketones (excluding diaryl/α,β-unsaturated/α-hetero) is 1. The third-order valence-electron chi connectivity index (χ3n) is 11.3. The van der Waals surface area contributed by atoms with Crippen LogP contribution in [0.4, 0.5) is 0 Å². The number of aliphatic hydroxyl groups excluding tert-OH is 1. The lowest BCUT2D eigenvalue weighted by molar-refractivity contribution is -0.181. The van der Waals surface area contributed by atoms with Gasteiger partial charge in [0.15, 0.2) is 12.4 Å². The van der Waals surface area contributed by atoms with Gasteiger partial charge >= 0.3 is 5.97 Å². The van der Waals surface area contributed by atoms with Crippen molar-refractivity contribution >= 4 is 23.4 Å². The lowest BCUT2D eigenvalue weighted by Crippen LogP contribution is -2.61. The van der Waals surface area contributed by atoms with Crippen molar-refractivity contribution in [2.45, 2.75) is 103 Å². The molecule has 1 amide bonds. The zero-order valence-electron chi connectivity index (χ0n) is 24.0. The summed E-state index contributed by atoms with van der Waals surface area (Å²) in [6.07, 6.45) is 13.0. The molecular formula is C32H45NO7. The summed E-state index contributed by atoms with van der Waals surface area (Å²) in [5, 5.41) is 26.2. The number of nitrogens with one attached hydrogen (secondary N) is 1. The summed E-state index contributed by atoms with van der Waals surface area (Å²) in [6.45, 7) is 4.08. The number of esters is 1. The van der Waals surface area contributed by atoms with Gasteiger partial charge in [-0.25, -0.2) is 0 Å². The molecule has 0 aliphatic heterocycles. The Morgan fingerprint density at radius 1 is 1.07 bits per heavy atom. The third kappa shape index (κ3) is 5.11. The van der Waals surface area contributed by atoms with Gasteiger partial charge in [0.05, 0.1) is 12.5 Å². The van der Waals surface area contributed by atoms with Gasteiger partial charge in [0.2, 0.25) is 11.7 Å². The predicted molar refractivity (Wildman–Crippen MR) is 148 cm³/mol. The van der Waals surface area contributed by atoms with E-state index in [2.05, 4.69) is 12.2 Å².